The lowest BCUT2D eigenvalue weighted by Gasteiger charge is -2.32. The Labute approximate surface area is 131 Å². The predicted molar refractivity (Wildman–Crippen MR) is 86.6 cm³/mol. The number of hydrogen-bond acceptors (Lipinski definition) is 5. The van der Waals surface area contributed by atoms with Crippen LogP contribution in [0.2, 0.25) is 0 Å². The summed E-state index contributed by atoms with van der Waals surface area (Å²) in [5.74, 6) is 1.31. The minimum atomic E-state index is -0.480. The van der Waals surface area contributed by atoms with Gasteiger partial charge in [0.2, 0.25) is 5.95 Å². The van der Waals surface area contributed by atoms with Crippen molar-refractivity contribution in [2.24, 2.45) is 0 Å². The zero-order valence-electron chi connectivity index (χ0n) is 13.6. The van der Waals surface area contributed by atoms with Crippen LogP contribution in [-0.4, -0.2) is 39.9 Å². The third kappa shape index (κ3) is 2.40. The van der Waals surface area contributed by atoms with Gasteiger partial charge in [-0.2, -0.15) is 4.98 Å². The van der Waals surface area contributed by atoms with Crippen molar-refractivity contribution in [3.8, 4) is 5.95 Å². The molecule has 22 heavy (non-hydrogen) atoms. The number of aromatic nitrogens is 3. The van der Waals surface area contributed by atoms with Gasteiger partial charge in [-0.05, 0) is 39.8 Å². The first-order valence-corrected chi connectivity index (χ1v) is 7.38. The highest BCUT2D eigenvalue weighted by Crippen LogP contribution is 2.36. The van der Waals surface area contributed by atoms with Crippen molar-refractivity contribution < 1.29 is 9.31 Å². The summed E-state index contributed by atoms with van der Waals surface area (Å²) in [6.45, 7) is 8.12. The maximum Gasteiger partial charge on any atom is 0.500 e. The van der Waals surface area contributed by atoms with Gasteiger partial charge in [0, 0.05) is 31.1 Å². The van der Waals surface area contributed by atoms with Crippen LogP contribution >= 0.6 is 0 Å². The van der Waals surface area contributed by atoms with Crippen LogP contribution in [0.5, 0.6) is 0 Å². The molecule has 0 atom stereocenters. The zero-order valence-corrected chi connectivity index (χ0v) is 13.6. The first kappa shape index (κ1) is 15.1. The quantitative estimate of drug-likeness (QED) is 0.873. The zero-order chi connectivity index (χ0) is 16.0. The molecule has 0 amide bonds. The smallest absolute Gasteiger partial charge is 0.399 e. The van der Waals surface area contributed by atoms with Gasteiger partial charge in [0.25, 0.3) is 0 Å². The topological polar surface area (TPSA) is 61.2 Å². The van der Waals surface area contributed by atoms with Crippen LogP contribution in [0, 0.1) is 0 Å². The molecule has 0 radical (unpaired) electrons. The maximum atomic E-state index is 6.07. The van der Waals surface area contributed by atoms with Gasteiger partial charge in [-0.1, -0.05) is 0 Å². The maximum absolute atomic E-state index is 6.07. The van der Waals surface area contributed by atoms with E-state index in [0.717, 1.165) is 5.46 Å². The van der Waals surface area contributed by atoms with Crippen molar-refractivity contribution in [2.45, 2.75) is 38.9 Å². The predicted octanol–water partition coefficient (Wildman–Crippen LogP) is 1.61. The second-order valence-electron chi connectivity index (χ2n) is 6.40. The Balaban J connectivity index is 1.95. The largest absolute Gasteiger partial charge is 0.500 e. The normalized spacial score (nSPS) is 19.4. The highest BCUT2D eigenvalue weighted by Gasteiger charge is 2.52. The first-order chi connectivity index (χ1) is 10.3. The molecule has 0 aromatic carbocycles. The van der Waals surface area contributed by atoms with Crippen molar-refractivity contribution in [3.63, 3.8) is 0 Å². The molecule has 0 unspecified atom stereocenters. The van der Waals surface area contributed by atoms with E-state index in [1.54, 1.807) is 6.20 Å². The second-order valence-corrected chi connectivity index (χ2v) is 6.40. The number of nitrogens with zero attached hydrogens (tertiary/aromatic N) is 3. The van der Waals surface area contributed by atoms with Crippen LogP contribution in [0.1, 0.15) is 27.7 Å². The molecule has 0 aliphatic carbocycles. The van der Waals surface area contributed by atoms with E-state index < -0.39 is 7.12 Å². The summed E-state index contributed by atoms with van der Waals surface area (Å²) in [6.07, 6.45) is 5.57. The lowest BCUT2D eigenvalue weighted by Crippen LogP contribution is -2.41. The molecule has 3 rings (SSSR count). The molecule has 1 aliphatic rings. The molecule has 2 aromatic rings. The van der Waals surface area contributed by atoms with Crippen molar-refractivity contribution in [1.29, 1.82) is 0 Å². The van der Waals surface area contributed by atoms with Crippen LogP contribution < -0.4 is 10.8 Å². The Kier molecular flexibility index (Phi) is 3.49. The van der Waals surface area contributed by atoms with Gasteiger partial charge in [-0.25, -0.2) is 4.98 Å². The summed E-state index contributed by atoms with van der Waals surface area (Å²) in [5.41, 5.74) is 0.0286. The Bertz CT molecular complexity index is 654. The fraction of sp³-hybridized carbons (Fsp3) is 0.467. The lowest BCUT2D eigenvalue weighted by atomic mass is 9.80. The van der Waals surface area contributed by atoms with Gasteiger partial charge in [-0.3, -0.25) is 4.57 Å². The van der Waals surface area contributed by atoms with Crippen molar-refractivity contribution in [1.82, 2.24) is 14.5 Å². The molecule has 1 aliphatic heterocycles. The molecule has 1 N–H and O–H groups in total. The van der Waals surface area contributed by atoms with E-state index in [4.69, 9.17) is 9.31 Å². The minimum absolute atomic E-state index is 0.387. The summed E-state index contributed by atoms with van der Waals surface area (Å²) in [5, 5.41) is 3.11. The van der Waals surface area contributed by atoms with Gasteiger partial charge in [0.1, 0.15) is 5.82 Å². The number of rotatable bonds is 3. The second kappa shape index (κ2) is 5.10. The Morgan fingerprint density at radius 1 is 1.09 bits per heavy atom. The SMILES string of the molecule is CNc1nc(-n2cccc2)ncc1B1OC(C)(C)C(C)(C)O1. The van der Waals surface area contributed by atoms with E-state index in [1.807, 2.05) is 63.8 Å². The van der Waals surface area contributed by atoms with Crippen LogP contribution in [0.15, 0.2) is 30.7 Å². The van der Waals surface area contributed by atoms with Crippen LogP contribution in [0.3, 0.4) is 0 Å². The van der Waals surface area contributed by atoms with Crippen molar-refractivity contribution >= 4 is 18.4 Å². The van der Waals surface area contributed by atoms with Crippen molar-refractivity contribution in [3.05, 3.63) is 30.7 Å². The molecule has 3 heterocycles. The van der Waals surface area contributed by atoms with Crippen LogP contribution in [-0.2, 0) is 9.31 Å². The lowest BCUT2D eigenvalue weighted by molar-refractivity contribution is 0.00578. The van der Waals surface area contributed by atoms with Gasteiger partial charge in [0.15, 0.2) is 0 Å². The molecular weight excluding hydrogens is 279 g/mol. The summed E-state index contributed by atoms with van der Waals surface area (Å²) in [6, 6.07) is 3.87. The fourth-order valence-corrected chi connectivity index (χ4v) is 2.32. The Morgan fingerprint density at radius 2 is 1.68 bits per heavy atom. The number of nitrogens with one attached hydrogen (secondary N) is 1. The third-order valence-electron chi connectivity index (χ3n) is 4.38. The third-order valence-corrected chi connectivity index (χ3v) is 4.38. The molecule has 2 aromatic heterocycles. The van der Waals surface area contributed by atoms with E-state index in [2.05, 4.69) is 15.3 Å². The minimum Gasteiger partial charge on any atom is -0.399 e. The summed E-state index contributed by atoms with van der Waals surface area (Å²) >= 11 is 0. The average Bonchev–Trinajstić information content (AvgIpc) is 3.05. The molecule has 6 nitrogen and oxygen atoms in total. The Hall–Kier alpha value is -1.86. The molecule has 0 saturated carbocycles. The molecule has 0 bridgehead atoms. The highest BCUT2D eigenvalue weighted by molar-refractivity contribution is 6.63. The highest BCUT2D eigenvalue weighted by atomic mass is 16.7. The number of hydrogen-bond donors (Lipinski definition) is 1. The van der Waals surface area contributed by atoms with Crippen molar-refractivity contribution in [2.75, 3.05) is 12.4 Å². The van der Waals surface area contributed by atoms with E-state index >= 15 is 0 Å². The Morgan fingerprint density at radius 3 is 2.23 bits per heavy atom. The van der Waals surface area contributed by atoms with E-state index in [-0.39, 0.29) is 11.2 Å². The van der Waals surface area contributed by atoms with E-state index in [9.17, 15) is 0 Å². The summed E-state index contributed by atoms with van der Waals surface area (Å²) in [4.78, 5) is 8.98. The molecule has 116 valence electrons. The molecule has 1 saturated heterocycles. The summed E-state index contributed by atoms with van der Waals surface area (Å²) in [7, 11) is 1.35. The molecular formula is C15H21BN4O2. The van der Waals surface area contributed by atoms with Gasteiger partial charge in [-0.15, -0.1) is 0 Å². The standard InChI is InChI=1S/C15H21BN4O2/c1-14(2)15(3,4)22-16(21-14)11-10-18-13(19-12(11)17-5)20-8-6-7-9-20/h6-10H,1-5H3,(H,17,18,19). The molecule has 0 spiro atoms. The first-order valence-electron chi connectivity index (χ1n) is 7.38. The van der Waals surface area contributed by atoms with Crippen LogP contribution in [0.4, 0.5) is 5.82 Å². The summed E-state index contributed by atoms with van der Waals surface area (Å²) < 4.78 is 14.0. The van der Waals surface area contributed by atoms with Gasteiger partial charge in [0.05, 0.1) is 11.2 Å². The average molecular weight is 300 g/mol. The monoisotopic (exact) mass is 300 g/mol. The molecule has 1 fully saturated rings. The van der Waals surface area contributed by atoms with Crippen LogP contribution in [0.25, 0.3) is 5.95 Å². The molecule has 7 heteroatoms. The van der Waals surface area contributed by atoms with Gasteiger partial charge >= 0.3 is 7.12 Å². The van der Waals surface area contributed by atoms with E-state index in [1.165, 1.54) is 0 Å². The van der Waals surface area contributed by atoms with E-state index in [0.29, 0.717) is 11.8 Å². The van der Waals surface area contributed by atoms with Gasteiger partial charge < -0.3 is 14.6 Å². The number of anilines is 1. The fourth-order valence-electron chi connectivity index (χ4n) is 2.32.